The molecule has 0 saturated heterocycles. The Kier molecular flexibility index (Phi) is 7.09. The van der Waals surface area contributed by atoms with Gasteiger partial charge in [-0.1, -0.05) is 26.7 Å². The highest BCUT2D eigenvalue weighted by atomic mass is 16.3. The third kappa shape index (κ3) is 5.84. The topological polar surface area (TPSA) is 35.5 Å². The predicted octanol–water partition coefficient (Wildman–Crippen LogP) is 1.86. The monoisotopic (exact) mass is 242 g/mol. The highest BCUT2D eigenvalue weighted by molar-refractivity contribution is 4.79. The third-order valence-corrected chi connectivity index (χ3v) is 3.72. The fourth-order valence-corrected chi connectivity index (χ4v) is 2.69. The second-order valence-electron chi connectivity index (χ2n) is 5.83. The molecule has 0 amide bonds. The molecule has 1 atom stereocenters. The van der Waals surface area contributed by atoms with Crippen LogP contribution < -0.4 is 5.32 Å². The van der Waals surface area contributed by atoms with Gasteiger partial charge in [-0.15, -0.1) is 0 Å². The lowest BCUT2D eigenvalue weighted by atomic mass is 10.1. The van der Waals surface area contributed by atoms with Crippen LogP contribution in [0.1, 0.15) is 46.0 Å². The van der Waals surface area contributed by atoms with E-state index < -0.39 is 0 Å². The number of rotatable bonds is 8. The second kappa shape index (κ2) is 8.06. The summed E-state index contributed by atoms with van der Waals surface area (Å²) >= 11 is 0. The Morgan fingerprint density at radius 1 is 1.29 bits per heavy atom. The van der Waals surface area contributed by atoms with Gasteiger partial charge in [-0.05, 0) is 38.8 Å². The molecule has 17 heavy (non-hydrogen) atoms. The lowest BCUT2D eigenvalue weighted by Gasteiger charge is -2.31. The Balaban J connectivity index is 2.39. The maximum atomic E-state index is 9.94. The molecule has 1 fully saturated rings. The smallest absolute Gasteiger partial charge is 0.0791 e. The Labute approximate surface area is 107 Å². The van der Waals surface area contributed by atoms with Gasteiger partial charge >= 0.3 is 0 Å². The fraction of sp³-hybridized carbons (Fsp3) is 1.00. The standard InChI is InChI=1S/C14H30N2O/c1-12(2)8-9-16(11-14(17)10-15-3)13-6-4-5-7-13/h12-15,17H,4-11H2,1-3H3. The van der Waals surface area contributed by atoms with Crippen LogP contribution in [0, 0.1) is 5.92 Å². The van der Waals surface area contributed by atoms with Gasteiger partial charge in [0.25, 0.3) is 0 Å². The van der Waals surface area contributed by atoms with Gasteiger partial charge in [-0.25, -0.2) is 0 Å². The van der Waals surface area contributed by atoms with Gasteiger partial charge in [-0.3, -0.25) is 4.90 Å². The highest BCUT2D eigenvalue weighted by Crippen LogP contribution is 2.24. The molecule has 0 aromatic heterocycles. The first-order chi connectivity index (χ1) is 8.13. The lowest BCUT2D eigenvalue weighted by Crippen LogP contribution is -2.43. The van der Waals surface area contributed by atoms with Crippen LogP contribution in [-0.2, 0) is 0 Å². The number of hydrogen-bond donors (Lipinski definition) is 2. The summed E-state index contributed by atoms with van der Waals surface area (Å²) < 4.78 is 0. The quantitative estimate of drug-likeness (QED) is 0.682. The van der Waals surface area contributed by atoms with E-state index in [0.29, 0.717) is 6.54 Å². The summed E-state index contributed by atoms with van der Waals surface area (Å²) in [4.78, 5) is 2.52. The lowest BCUT2D eigenvalue weighted by molar-refractivity contribution is 0.0850. The first-order valence-corrected chi connectivity index (χ1v) is 7.20. The van der Waals surface area contributed by atoms with Gasteiger partial charge in [-0.2, -0.15) is 0 Å². The summed E-state index contributed by atoms with van der Waals surface area (Å²) in [5.41, 5.74) is 0. The van der Waals surface area contributed by atoms with Crippen molar-refractivity contribution in [2.45, 2.75) is 58.1 Å². The second-order valence-corrected chi connectivity index (χ2v) is 5.83. The first-order valence-electron chi connectivity index (χ1n) is 7.20. The van der Waals surface area contributed by atoms with Crippen LogP contribution in [0.3, 0.4) is 0 Å². The van der Waals surface area contributed by atoms with E-state index in [9.17, 15) is 5.11 Å². The fourth-order valence-electron chi connectivity index (χ4n) is 2.69. The predicted molar refractivity (Wildman–Crippen MR) is 73.2 cm³/mol. The largest absolute Gasteiger partial charge is 0.390 e. The number of nitrogens with one attached hydrogen (secondary N) is 1. The molecule has 0 aromatic carbocycles. The van der Waals surface area contributed by atoms with Crippen molar-refractivity contribution < 1.29 is 5.11 Å². The molecule has 0 aromatic rings. The zero-order chi connectivity index (χ0) is 12.7. The van der Waals surface area contributed by atoms with Crippen LogP contribution in [0.4, 0.5) is 0 Å². The van der Waals surface area contributed by atoms with Crippen molar-refractivity contribution in [3.8, 4) is 0 Å². The molecular weight excluding hydrogens is 212 g/mol. The summed E-state index contributed by atoms with van der Waals surface area (Å²) in [7, 11) is 1.90. The van der Waals surface area contributed by atoms with Crippen molar-refractivity contribution in [1.82, 2.24) is 10.2 Å². The third-order valence-electron chi connectivity index (χ3n) is 3.72. The zero-order valence-electron chi connectivity index (χ0n) is 11.8. The van der Waals surface area contributed by atoms with Crippen molar-refractivity contribution in [3.63, 3.8) is 0 Å². The van der Waals surface area contributed by atoms with Crippen LogP contribution in [0.15, 0.2) is 0 Å². The summed E-state index contributed by atoms with van der Waals surface area (Å²) in [5.74, 6) is 0.750. The van der Waals surface area contributed by atoms with Gasteiger partial charge in [0.2, 0.25) is 0 Å². The maximum Gasteiger partial charge on any atom is 0.0791 e. The summed E-state index contributed by atoms with van der Waals surface area (Å²) in [6, 6.07) is 0.722. The van der Waals surface area contributed by atoms with E-state index in [1.54, 1.807) is 0 Å². The van der Waals surface area contributed by atoms with E-state index in [-0.39, 0.29) is 6.10 Å². The molecule has 3 nitrogen and oxygen atoms in total. The van der Waals surface area contributed by atoms with E-state index in [1.165, 1.54) is 32.1 Å². The molecule has 1 unspecified atom stereocenters. The van der Waals surface area contributed by atoms with Gasteiger partial charge < -0.3 is 10.4 Å². The Bertz CT molecular complexity index is 191. The first kappa shape index (κ1) is 14.9. The summed E-state index contributed by atoms with van der Waals surface area (Å²) in [5, 5.41) is 13.0. The van der Waals surface area contributed by atoms with Crippen molar-refractivity contribution in [1.29, 1.82) is 0 Å². The van der Waals surface area contributed by atoms with Crippen LogP contribution in [0.25, 0.3) is 0 Å². The van der Waals surface area contributed by atoms with Crippen molar-refractivity contribution >= 4 is 0 Å². The SMILES string of the molecule is CNCC(O)CN(CCC(C)C)C1CCCC1. The number of nitrogens with zero attached hydrogens (tertiary/aromatic N) is 1. The number of likely N-dealkylation sites (N-methyl/N-ethyl adjacent to an activating group) is 1. The normalized spacial score (nSPS) is 19.4. The Hall–Kier alpha value is -0.120. The maximum absolute atomic E-state index is 9.94. The Morgan fingerprint density at radius 2 is 1.94 bits per heavy atom. The molecule has 0 radical (unpaired) electrons. The minimum atomic E-state index is -0.229. The minimum absolute atomic E-state index is 0.229. The van der Waals surface area contributed by atoms with E-state index in [1.807, 2.05) is 7.05 Å². The summed E-state index contributed by atoms with van der Waals surface area (Å²) in [6.07, 6.45) is 6.39. The van der Waals surface area contributed by atoms with E-state index >= 15 is 0 Å². The van der Waals surface area contributed by atoms with Gasteiger partial charge in [0, 0.05) is 19.1 Å². The van der Waals surface area contributed by atoms with E-state index in [4.69, 9.17) is 0 Å². The van der Waals surface area contributed by atoms with Crippen LogP contribution in [0.5, 0.6) is 0 Å². The zero-order valence-corrected chi connectivity index (χ0v) is 11.8. The molecule has 0 bridgehead atoms. The van der Waals surface area contributed by atoms with Gasteiger partial charge in [0.05, 0.1) is 6.10 Å². The molecule has 1 aliphatic carbocycles. The molecule has 3 heteroatoms. The van der Waals surface area contributed by atoms with Gasteiger partial charge in [0.15, 0.2) is 0 Å². The van der Waals surface area contributed by atoms with Gasteiger partial charge in [0.1, 0.15) is 0 Å². The molecule has 1 aliphatic rings. The molecule has 0 heterocycles. The molecule has 0 spiro atoms. The number of aliphatic hydroxyl groups excluding tert-OH is 1. The van der Waals surface area contributed by atoms with Crippen LogP contribution in [-0.4, -0.2) is 48.8 Å². The van der Waals surface area contributed by atoms with E-state index in [0.717, 1.165) is 25.0 Å². The van der Waals surface area contributed by atoms with Crippen LogP contribution in [0.2, 0.25) is 0 Å². The molecule has 1 saturated carbocycles. The van der Waals surface area contributed by atoms with Crippen molar-refractivity contribution in [2.75, 3.05) is 26.7 Å². The van der Waals surface area contributed by atoms with Crippen molar-refractivity contribution in [2.24, 2.45) is 5.92 Å². The summed E-state index contributed by atoms with van der Waals surface area (Å²) in [6.45, 7) is 7.22. The molecule has 1 rings (SSSR count). The average molecular weight is 242 g/mol. The Morgan fingerprint density at radius 3 is 2.47 bits per heavy atom. The molecule has 102 valence electrons. The molecular formula is C14H30N2O. The minimum Gasteiger partial charge on any atom is -0.390 e. The van der Waals surface area contributed by atoms with E-state index in [2.05, 4.69) is 24.1 Å². The number of hydrogen-bond acceptors (Lipinski definition) is 3. The molecule has 0 aliphatic heterocycles. The highest BCUT2D eigenvalue weighted by Gasteiger charge is 2.24. The van der Waals surface area contributed by atoms with Crippen molar-refractivity contribution in [3.05, 3.63) is 0 Å². The number of aliphatic hydroxyl groups is 1. The molecule has 2 N–H and O–H groups in total. The average Bonchev–Trinajstić information content (AvgIpc) is 2.77. The van der Waals surface area contributed by atoms with Crippen LogP contribution >= 0.6 is 0 Å².